The predicted molar refractivity (Wildman–Crippen MR) is 60.0 cm³/mol. The topological polar surface area (TPSA) is 64.3 Å². The second-order valence-electron chi connectivity index (χ2n) is 3.46. The van der Waals surface area contributed by atoms with E-state index in [2.05, 4.69) is 6.07 Å². The molecule has 0 radical (unpaired) electrons. The van der Waals surface area contributed by atoms with Crippen molar-refractivity contribution in [2.45, 2.75) is 13.5 Å². The lowest BCUT2D eigenvalue weighted by molar-refractivity contribution is 0.0697. The molecule has 0 aliphatic carbocycles. The Kier molecular flexibility index (Phi) is 4.49. The molecule has 0 aliphatic heterocycles. The van der Waals surface area contributed by atoms with Crippen LogP contribution in [0.2, 0.25) is 0 Å². The van der Waals surface area contributed by atoms with Crippen molar-refractivity contribution in [2.75, 3.05) is 13.1 Å². The van der Waals surface area contributed by atoms with Crippen molar-refractivity contribution in [3.8, 4) is 6.07 Å². The first-order valence-corrected chi connectivity index (χ1v) is 5.09. The Bertz CT molecular complexity index is 392. The van der Waals surface area contributed by atoms with E-state index >= 15 is 0 Å². The first-order valence-electron chi connectivity index (χ1n) is 5.09. The Hall–Kier alpha value is -1.86. The van der Waals surface area contributed by atoms with Crippen LogP contribution in [0.4, 0.5) is 0 Å². The molecule has 0 spiro atoms. The van der Waals surface area contributed by atoms with Gasteiger partial charge < -0.3 is 5.11 Å². The van der Waals surface area contributed by atoms with E-state index in [4.69, 9.17) is 10.4 Å². The molecule has 0 bridgehead atoms. The normalized spacial score (nSPS) is 10.1. The molecule has 1 aromatic carbocycles. The zero-order valence-corrected chi connectivity index (χ0v) is 9.18. The number of carbonyl (C=O) groups is 1. The maximum absolute atomic E-state index is 10.6. The molecule has 0 saturated carbocycles. The van der Waals surface area contributed by atoms with Crippen LogP contribution in [0.15, 0.2) is 24.3 Å². The molecule has 0 amide bonds. The zero-order chi connectivity index (χ0) is 12.0. The summed E-state index contributed by atoms with van der Waals surface area (Å²) in [5, 5.41) is 17.3. The molecule has 0 fully saturated rings. The van der Waals surface area contributed by atoms with Crippen LogP contribution in [-0.4, -0.2) is 29.1 Å². The fourth-order valence-corrected chi connectivity index (χ4v) is 1.39. The summed E-state index contributed by atoms with van der Waals surface area (Å²) in [6.07, 6.45) is 0. The number of carboxylic acids is 1. The van der Waals surface area contributed by atoms with E-state index in [1.807, 2.05) is 11.8 Å². The van der Waals surface area contributed by atoms with Gasteiger partial charge in [0.25, 0.3) is 0 Å². The largest absolute Gasteiger partial charge is 0.478 e. The first kappa shape index (κ1) is 12.2. The molecule has 0 unspecified atom stereocenters. The third kappa shape index (κ3) is 3.37. The Morgan fingerprint density at radius 2 is 2.06 bits per heavy atom. The minimum absolute atomic E-state index is 0.284. The van der Waals surface area contributed by atoms with Gasteiger partial charge in [0.1, 0.15) is 0 Å². The van der Waals surface area contributed by atoms with Crippen molar-refractivity contribution in [2.24, 2.45) is 0 Å². The van der Waals surface area contributed by atoms with E-state index in [1.54, 1.807) is 24.3 Å². The molecule has 4 heteroatoms. The van der Waals surface area contributed by atoms with Crippen molar-refractivity contribution in [3.05, 3.63) is 35.4 Å². The van der Waals surface area contributed by atoms with Crippen LogP contribution in [0.1, 0.15) is 22.8 Å². The van der Waals surface area contributed by atoms with E-state index in [9.17, 15) is 4.79 Å². The molecule has 1 N–H and O–H groups in total. The predicted octanol–water partition coefficient (Wildman–Crippen LogP) is 1.73. The fourth-order valence-electron chi connectivity index (χ4n) is 1.39. The Morgan fingerprint density at radius 3 is 2.50 bits per heavy atom. The SMILES string of the molecule is CCN(CC#N)Cc1ccc(C(=O)O)cc1. The molecule has 4 nitrogen and oxygen atoms in total. The molecule has 16 heavy (non-hydrogen) atoms. The summed E-state index contributed by atoms with van der Waals surface area (Å²) in [6.45, 7) is 3.85. The third-order valence-corrected chi connectivity index (χ3v) is 2.35. The Morgan fingerprint density at radius 1 is 1.44 bits per heavy atom. The molecular formula is C12H14N2O2. The van der Waals surface area contributed by atoms with Crippen LogP contribution in [-0.2, 0) is 6.54 Å². The number of aromatic carboxylic acids is 1. The highest BCUT2D eigenvalue weighted by Gasteiger charge is 2.05. The van der Waals surface area contributed by atoms with Gasteiger partial charge in [0.2, 0.25) is 0 Å². The number of nitriles is 1. The summed E-state index contributed by atoms with van der Waals surface area (Å²) >= 11 is 0. The Labute approximate surface area is 94.7 Å². The molecule has 0 aliphatic rings. The van der Waals surface area contributed by atoms with Crippen LogP contribution >= 0.6 is 0 Å². The quantitative estimate of drug-likeness (QED) is 0.764. The lowest BCUT2D eigenvalue weighted by Crippen LogP contribution is -2.22. The number of hydrogen-bond donors (Lipinski definition) is 1. The van der Waals surface area contributed by atoms with Gasteiger partial charge >= 0.3 is 5.97 Å². The highest BCUT2D eigenvalue weighted by molar-refractivity contribution is 5.87. The molecule has 1 aromatic rings. The second-order valence-corrected chi connectivity index (χ2v) is 3.46. The third-order valence-electron chi connectivity index (χ3n) is 2.35. The Balaban J connectivity index is 2.68. The van der Waals surface area contributed by atoms with Crippen LogP contribution in [0.3, 0.4) is 0 Å². The standard InChI is InChI=1S/C12H14N2O2/c1-2-14(8-7-13)9-10-3-5-11(6-4-10)12(15)16/h3-6H,2,8-9H2,1H3,(H,15,16). The average molecular weight is 218 g/mol. The summed E-state index contributed by atoms with van der Waals surface area (Å²) < 4.78 is 0. The lowest BCUT2D eigenvalue weighted by Gasteiger charge is -2.16. The van der Waals surface area contributed by atoms with E-state index < -0.39 is 5.97 Å². The van der Waals surface area contributed by atoms with Crippen LogP contribution in [0.25, 0.3) is 0 Å². The number of benzene rings is 1. The van der Waals surface area contributed by atoms with Crippen molar-refractivity contribution in [1.29, 1.82) is 5.26 Å². The molecular weight excluding hydrogens is 204 g/mol. The van der Waals surface area contributed by atoms with E-state index in [1.165, 1.54) is 0 Å². The monoisotopic (exact) mass is 218 g/mol. The number of rotatable bonds is 5. The highest BCUT2D eigenvalue weighted by Crippen LogP contribution is 2.07. The van der Waals surface area contributed by atoms with Crippen molar-refractivity contribution >= 4 is 5.97 Å². The fraction of sp³-hybridized carbons (Fsp3) is 0.333. The summed E-state index contributed by atoms with van der Waals surface area (Å²) in [5.41, 5.74) is 1.30. The molecule has 0 saturated heterocycles. The van der Waals surface area contributed by atoms with Gasteiger partial charge in [0, 0.05) is 6.54 Å². The van der Waals surface area contributed by atoms with Crippen LogP contribution < -0.4 is 0 Å². The van der Waals surface area contributed by atoms with Crippen LogP contribution in [0.5, 0.6) is 0 Å². The van der Waals surface area contributed by atoms with Crippen LogP contribution in [0, 0.1) is 11.3 Å². The second kappa shape index (κ2) is 5.89. The average Bonchev–Trinajstić information content (AvgIpc) is 2.29. The molecule has 0 atom stereocenters. The molecule has 0 heterocycles. The van der Waals surface area contributed by atoms with E-state index in [-0.39, 0.29) is 5.56 Å². The summed E-state index contributed by atoms with van der Waals surface area (Å²) in [6, 6.07) is 8.83. The number of nitrogens with zero attached hydrogens (tertiary/aromatic N) is 2. The minimum atomic E-state index is -0.920. The van der Waals surface area contributed by atoms with Gasteiger partial charge in [-0.1, -0.05) is 19.1 Å². The number of hydrogen-bond acceptors (Lipinski definition) is 3. The van der Waals surface area contributed by atoms with Crippen molar-refractivity contribution < 1.29 is 9.90 Å². The first-order chi connectivity index (χ1) is 7.67. The van der Waals surface area contributed by atoms with Crippen molar-refractivity contribution in [3.63, 3.8) is 0 Å². The van der Waals surface area contributed by atoms with Gasteiger partial charge in [0.05, 0.1) is 18.2 Å². The molecule has 84 valence electrons. The number of carboxylic acid groups (broad SMARTS) is 1. The smallest absolute Gasteiger partial charge is 0.335 e. The van der Waals surface area contributed by atoms with Gasteiger partial charge in [-0.05, 0) is 24.2 Å². The summed E-state index contributed by atoms with van der Waals surface area (Å²) in [4.78, 5) is 12.6. The van der Waals surface area contributed by atoms with Gasteiger partial charge in [-0.3, -0.25) is 4.90 Å². The highest BCUT2D eigenvalue weighted by atomic mass is 16.4. The van der Waals surface area contributed by atoms with Gasteiger partial charge in [-0.2, -0.15) is 5.26 Å². The maximum Gasteiger partial charge on any atom is 0.335 e. The zero-order valence-electron chi connectivity index (χ0n) is 9.18. The van der Waals surface area contributed by atoms with E-state index in [0.717, 1.165) is 12.1 Å². The van der Waals surface area contributed by atoms with Gasteiger partial charge in [-0.25, -0.2) is 4.79 Å². The van der Waals surface area contributed by atoms with Crippen molar-refractivity contribution in [1.82, 2.24) is 4.90 Å². The van der Waals surface area contributed by atoms with Gasteiger partial charge in [0.15, 0.2) is 0 Å². The van der Waals surface area contributed by atoms with Gasteiger partial charge in [-0.15, -0.1) is 0 Å². The lowest BCUT2D eigenvalue weighted by atomic mass is 10.1. The maximum atomic E-state index is 10.6. The molecule has 0 aromatic heterocycles. The minimum Gasteiger partial charge on any atom is -0.478 e. The molecule has 1 rings (SSSR count). The summed E-state index contributed by atoms with van der Waals surface area (Å²) in [7, 11) is 0. The van der Waals surface area contributed by atoms with E-state index in [0.29, 0.717) is 13.1 Å². The summed E-state index contributed by atoms with van der Waals surface area (Å²) in [5.74, 6) is -0.920.